The number of rotatable bonds is 3. The molecule has 13 heavy (non-hydrogen) atoms. The number of nitrogens with one attached hydrogen (secondary N) is 1. The smallest absolute Gasteiger partial charge is 0.177 e. The summed E-state index contributed by atoms with van der Waals surface area (Å²) in [5, 5.41) is 0. The summed E-state index contributed by atoms with van der Waals surface area (Å²) in [7, 11) is 0. The summed E-state index contributed by atoms with van der Waals surface area (Å²) < 4.78 is 3.10. The predicted octanol–water partition coefficient (Wildman–Crippen LogP) is 3.04. The normalized spacial score (nSPS) is 18.9. The van der Waals surface area contributed by atoms with E-state index in [1.807, 2.05) is 6.20 Å². The average molecular weight is 196 g/mol. The van der Waals surface area contributed by atoms with Crippen LogP contribution in [0.1, 0.15) is 31.9 Å². The van der Waals surface area contributed by atoms with Crippen molar-refractivity contribution in [2.75, 3.05) is 0 Å². The number of nitrogens with zero attached hydrogens (tertiary/aromatic N) is 1. The highest BCUT2D eigenvalue weighted by atomic mass is 32.1. The van der Waals surface area contributed by atoms with E-state index in [2.05, 4.69) is 23.4 Å². The van der Waals surface area contributed by atoms with Crippen LogP contribution in [0.5, 0.6) is 0 Å². The molecule has 0 bridgehead atoms. The van der Waals surface area contributed by atoms with E-state index in [4.69, 9.17) is 12.2 Å². The largest absolute Gasteiger partial charge is 0.337 e. The van der Waals surface area contributed by atoms with Gasteiger partial charge in [-0.3, -0.25) is 0 Å². The molecule has 0 amide bonds. The van der Waals surface area contributed by atoms with Gasteiger partial charge in [0, 0.05) is 18.4 Å². The Balaban J connectivity index is 2.22. The van der Waals surface area contributed by atoms with Gasteiger partial charge in [-0.2, -0.15) is 0 Å². The van der Waals surface area contributed by atoms with Crippen molar-refractivity contribution in [2.24, 2.45) is 5.41 Å². The second-order valence-corrected chi connectivity index (χ2v) is 4.56. The summed E-state index contributed by atoms with van der Waals surface area (Å²) in [4.78, 5) is 3.09. The highest BCUT2D eigenvalue weighted by Crippen LogP contribution is 2.50. The maximum absolute atomic E-state index is 5.22. The lowest BCUT2D eigenvalue weighted by atomic mass is 10.0. The molecule has 2 rings (SSSR count). The average Bonchev–Trinajstić information content (AvgIpc) is 2.84. The van der Waals surface area contributed by atoms with E-state index in [1.165, 1.54) is 25.0 Å². The van der Waals surface area contributed by atoms with Crippen LogP contribution in [0.15, 0.2) is 6.20 Å². The van der Waals surface area contributed by atoms with Gasteiger partial charge in [-0.15, -0.1) is 0 Å². The van der Waals surface area contributed by atoms with Gasteiger partial charge >= 0.3 is 0 Å². The molecule has 1 fully saturated rings. The zero-order chi connectivity index (χ0) is 9.47. The topological polar surface area (TPSA) is 20.7 Å². The van der Waals surface area contributed by atoms with Gasteiger partial charge in [-0.1, -0.05) is 6.92 Å². The zero-order valence-corrected chi connectivity index (χ0v) is 9.08. The number of aromatic nitrogens is 2. The first-order chi connectivity index (χ1) is 6.17. The van der Waals surface area contributed by atoms with Crippen LogP contribution in [-0.2, 0) is 6.54 Å². The molecule has 0 atom stereocenters. The quantitative estimate of drug-likeness (QED) is 0.737. The number of aryl methyl sites for hydroxylation is 1. The van der Waals surface area contributed by atoms with Crippen molar-refractivity contribution in [3.05, 3.63) is 16.7 Å². The van der Waals surface area contributed by atoms with Gasteiger partial charge in [0.2, 0.25) is 0 Å². The Morgan fingerprint density at radius 3 is 2.69 bits per heavy atom. The minimum absolute atomic E-state index is 0.575. The van der Waals surface area contributed by atoms with E-state index < -0.39 is 0 Å². The Labute approximate surface area is 84.0 Å². The first-order valence-electron chi connectivity index (χ1n) is 4.92. The predicted molar refractivity (Wildman–Crippen MR) is 56.3 cm³/mol. The molecule has 1 N–H and O–H groups in total. The van der Waals surface area contributed by atoms with Crippen LogP contribution in [0, 0.1) is 17.1 Å². The number of hydrogen-bond acceptors (Lipinski definition) is 1. The first-order valence-corrected chi connectivity index (χ1v) is 5.32. The summed E-state index contributed by atoms with van der Waals surface area (Å²) in [5.74, 6) is 0. The van der Waals surface area contributed by atoms with Gasteiger partial charge in [-0.25, -0.2) is 0 Å². The number of hydrogen-bond donors (Lipinski definition) is 1. The molecular formula is C10H16N2S. The fraction of sp³-hybridized carbons (Fsp3) is 0.700. The van der Waals surface area contributed by atoms with E-state index in [0.717, 1.165) is 11.3 Å². The molecule has 3 heteroatoms. The van der Waals surface area contributed by atoms with Crippen molar-refractivity contribution in [1.82, 2.24) is 9.55 Å². The van der Waals surface area contributed by atoms with Crippen LogP contribution in [-0.4, -0.2) is 9.55 Å². The summed E-state index contributed by atoms with van der Waals surface area (Å²) in [6, 6.07) is 0. The maximum atomic E-state index is 5.22. The number of aromatic amines is 1. The van der Waals surface area contributed by atoms with Crippen LogP contribution < -0.4 is 0 Å². The minimum atomic E-state index is 0.575. The van der Waals surface area contributed by atoms with Gasteiger partial charge in [0.05, 0.1) is 0 Å². The third-order valence-corrected chi connectivity index (χ3v) is 3.61. The highest BCUT2D eigenvalue weighted by Gasteiger charge is 2.41. The van der Waals surface area contributed by atoms with E-state index >= 15 is 0 Å². The first kappa shape index (κ1) is 9.00. The molecule has 0 spiro atoms. The van der Waals surface area contributed by atoms with Crippen molar-refractivity contribution in [3.8, 4) is 0 Å². The Kier molecular flexibility index (Phi) is 2.06. The molecule has 0 unspecified atom stereocenters. The lowest BCUT2D eigenvalue weighted by Gasteiger charge is -2.14. The third kappa shape index (κ3) is 1.57. The van der Waals surface area contributed by atoms with Crippen molar-refractivity contribution < 1.29 is 0 Å². The lowest BCUT2D eigenvalue weighted by molar-refractivity contribution is 0.402. The lowest BCUT2D eigenvalue weighted by Crippen LogP contribution is -2.11. The third-order valence-electron chi connectivity index (χ3n) is 3.28. The Morgan fingerprint density at radius 1 is 1.62 bits per heavy atom. The number of H-pyrrole nitrogens is 1. The molecule has 1 aliphatic rings. The molecule has 1 saturated carbocycles. The molecule has 1 aliphatic carbocycles. The van der Waals surface area contributed by atoms with E-state index in [0.29, 0.717) is 5.41 Å². The molecule has 0 radical (unpaired) electrons. The Morgan fingerprint density at radius 2 is 2.31 bits per heavy atom. The van der Waals surface area contributed by atoms with Crippen LogP contribution >= 0.6 is 12.2 Å². The summed E-state index contributed by atoms with van der Waals surface area (Å²) in [6.45, 7) is 5.49. The Hall–Kier alpha value is -0.570. The van der Waals surface area contributed by atoms with Crippen LogP contribution in [0.3, 0.4) is 0 Å². The zero-order valence-electron chi connectivity index (χ0n) is 8.26. The second-order valence-electron chi connectivity index (χ2n) is 4.17. The SMILES string of the molecule is CCC1(Cn2c(C)c[nH]c2=S)CC1. The molecule has 1 aromatic rings. The standard InChI is InChI=1S/C10H16N2S/c1-3-10(4-5-10)7-12-8(2)6-11-9(12)13/h6H,3-5,7H2,1-2H3,(H,11,13). The van der Waals surface area contributed by atoms with Gasteiger partial charge in [-0.05, 0) is 43.8 Å². The molecule has 1 aromatic heterocycles. The van der Waals surface area contributed by atoms with E-state index in [1.54, 1.807) is 0 Å². The maximum Gasteiger partial charge on any atom is 0.177 e. The summed E-state index contributed by atoms with van der Waals surface area (Å²) >= 11 is 5.22. The van der Waals surface area contributed by atoms with E-state index in [-0.39, 0.29) is 0 Å². The van der Waals surface area contributed by atoms with Crippen molar-refractivity contribution >= 4 is 12.2 Å². The molecule has 0 aromatic carbocycles. The highest BCUT2D eigenvalue weighted by molar-refractivity contribution is 7.71. The Bertz CT molecular complexity index is 357. The fourth-order valence-electron chi connectivity index (χ4n) is 1.81. The van der Waals surface area contributed by atoms with Gasteiger partial charge in [0.25, 0.3) is 0 Å². The molecule has 1 heterocycles. The van der Waals surface area contributed by atoms with Crippen LogP contribution in [0.25, 0.3) is 0 Å². The van der Waals surface area contributed by atoms with E-state index in [9.17, 15) is 0 Å². The monoisotopic (exact) mass is 196 g/mol. The van der Waals surface area contributed by atoms with Gasteiger partial charge in [0.1, 0.15) is 0 Å². The number of imidazole rings is 1. The van der Waals surface area contributed by atoms with Crippen LogP contribution in [0.2, 0.25) is 0 Å². The van der Waals surface area contributed by atoms with Crippen molar-refractivity contribution in [1.29, 1.82) is 0 Å². The molecule has 72 valence electrons. The van der Waals surface area contributed by atoms with Gasteiger partial charge in [0.15, 0.2) is 4.77 Å². The minimum Gasteiger partial charge on any atom is -0.337 e. The molecular weight excluding hydrogens is 180 g/mol. The molecule has 0 saturated heterocycles. The molecule has 2 nitrogen and oxygen atoms in total. The molecule has 0 aliphatic heterocycles. The van der Waals surface area contributed by atoms with Gasteiger partial charge < -0.3 is 9.55 Å². The summed E-state index contributed by atoms with van der Waals surface area (Å²) in [5.41, 5.74) is 1.83. The van der Waals surface area contributed by atoms with Crippen molar-refractivity contribution in [3.63, 3.8) is 0 Å². The van der Waals surface area contributed by atoms with Crippen molar-refractivity contribution in [2.45, 2.75) is 39.7 Å². The summed E-state index contributed by atoms with van der Waals surface area (Å²) in [6.07, 6.45) is 6.01. The van der Waals surface area contributed by atoms with Crippen LogP contribution in [0.4, 0.5) is 0 Å². The second kappa shape index (κ2) is 2.98. The fourth-order valence-corrected chi connectivity index (χ4v) is 2.08.